The fourth-order valence-electron chi connectivity index (χ4n) is 4.33. The third-order valence-corrected chi connectivity index (χ3v) is 6.29. The van der Waals surface area contributed by atoms with Crippen molar-refractivity contribution in [2.75, 3.05) is 0 Å². The number of aromatic amines is 2. The predicted octanol–water partition coefficient (Wildman–Crippen LogP) is 3.18. The lowest BCUT2D eigenvalue weighted by Crippen LogP contribution is -2.09. The van der Waals surface area contributed by atoms with Gasteiger partial charge in [-0.25, -0.2) is 4.85 Å². The highest BCUT2D eigenvalue weighted by molar-refractivity contribution is 5.68. The Kier molecular flexibility index (Phi) is 5.89. The third kappa shape index (κ3) is 4.38. The van der Waals surface area contributed by atoms with Gasteiger partial charge in [0, 0.05) is 0 Å². The van der Waals surface area contributed by atoms with Gasteiger partial charge in [-0.3, -0.25) is 0 Å². The third-order valence-electron chi connectivity index (χ3n) is 6.29. The second kappa shape index (κ2) is 9.95. The zero-order valence-corrected chi connectivity index (χ0v) is 23.6. The molecular weight excluding hydrogens is 586 g/mol. The fourth-order valence-corrected chi connectivity index (χ4v) is 4.33. The van der Waals surface area contributed by atoms with Crippen LogP contribution in [0.4, 0.5) is 28.7 Å². The topological polar surface area (TPSA) is 264 Å². The van der Waals surface area contributed by atoms with E-state index in [-0.39, 0.29) is 34.8 Å². The summed E-state index contributed by atoms with van der Waals surface area (Å²) in [5.41, 5.74) is 2.94. The van der Waals surface area contributed by atoms with Crippen LogP contribution in [-0.2, 0) is 0 Å². The van der Waals surface area contributed by atoms with E-state index in [0.717, 1.165) is 9.36 Å². The van der Waals surface area contributed by atoms with Crippen LogP contribution in [0, 0.1) is 45.6 Å². The molecule has 0 amide bonds. The quantitative estimate of drug-likeness (QED) is 0.183. The Balaban J connectivity index is 1.30. The van der Waals surface area contributed by atoms with E-state index in [0.29, 0.717) is 45.7 Å². The average Bonchev–Trinajstić information content (AvgIpc) is 3.83. The highest BCUT2D eigenvalue weighted by atomic mass is 16.3. The van der Waals surface area contributed by atoms with Crippen molar-refractivity contribution < 1.29 is 5.11 Å². The van der Waals surface area contributed by atoms with E-state index in [4.69, 9.17) is 6.57 Å². The number of hydrogen-bond donors (Lipinski definition) is 3. The minimum atomic E-state index is -0.709. The number of rotatable bonds is 6. The first-order valence-electron chi connectivity index (χ1n) is 12.8. The Morgan fingerprint density at radius 3 is 1.87 bits per heavy atom. The van der Waals surface area contributed by atoms with Gasteiger partial charge in [0.15, 0.2) is 34.3 Å². The van der Waals surface area contributed by atoms with Crippen LogP contribution < -0.4 is 0 Å². The first-order valence-corrected chi connectivity index (χ1v) is 12.8. The van der Waals surface area contributed by atoms with Gasteiger partial charge < -0.3 is 15.1 Å². The van der Waals surface area contributed by atoms with Crippen LogP contribution in [0.15, 0.2) is 32.9 Å². The minimum absolute atomic E-state index is 0.0271. The zero-order valence-electron chi connectivity index (χ0n) is 23.6. The second-order valence-electron chi connectivity index (χ2n) is 9.38. The summed E-state index contributed by atoms with van der Waals surface area (Å²) in [6.45, 7) is 14.6. The maximum absolute atomic E-state index is 10.5. The molecule has 220 valence electrons. The SMILES string of the molecule is [C-]#[N+]c1cnn(-c2nc(O)nc(-n3ncc(C#N)c3/N=N/c3c(C)nn4nc(C)[nH]c34)n2)c1/N=N/c1c(C)nn2nc(C)[nH]c12. The lowest BCUT2D eigenvalue weighted by Gasteiger charge is -2.06. The van der Waals surface area contributed by atoms with Crippen molar-refractivity contribution >= 4 is 40.0 Å². The number of aromatic nitrogens is 15. The Morgan fingerprint density at radius 2 is 1.31 bits per heavy atom. The van der Waals surface area contributed by atoms with E-state index in [1.807, 2.05) is 6.07 Å². The molecule has 0 bridgehead atoms. The molecular formula is C23H17N21O. The molecule has 7 aromatic heterocycles. The van der Waals surface area contributed by atoms with E-state index >= 15 is 0 Å². The van der Waals surface area contributed by atoms with Crippen molar-refractivity contribution in [3.8, 4) is 24.0 Å². The molecule has 0 saturated heterocycles. The number of aromatic hydroxyl groups is 1. The number of azo groups is 2. The van der Waals surface area contributed by atoms with E-state index in [2.05, 4.69) is 80.8 Å². The monoisotopic (exact) mass is 603 g/mol. The first-order chi connectivity index (χ1) is 21.7. The molecule has 7 aromatic rings. The summed E-state index contributed by atoms with van der Waals surface area (Å²) >= 11 is 0. The Bertz CT molecular complexity index is 2260. The summed E-state index contributed by atoms with van der Waals surface area (Å²) in [6.07, 6.45) is 2.49. The summed E-state index contributed by atoms with van der Waals surface area (Å²) in [7, 11) is 0. The van der Waals surface area contributed by atoms with Gasteiger partial charge in [-0.15, -0.1) is 39.9 Å². The molecule has 22 nitrogen and oxygen atoms in total. The molecule has 3 N–H and O–H groups in total. The van der Waals surface area contributed by atoms with Crippen LogP contribution in [0.1, 0.15) is 28.6 Å². The number of aryl methyl sites for hydroxylation is 4. The Hall–Kier alpha value is -7.23. The van der Waals surface area contributed by atoms with Crippen LogP contribution in [0.5, 0.6) is 6.01 Å². The fraction of sp³-hybridized carbons (Fsp3) is 0.174. The van der Waals surface area contributed by atoms with Gasteiger partial charge in [0.25, 0.3) is 17.6 Å². The molecule has 7 rings (SSSR count). The number of hydrogen-bond acceptors (Lipinski definition) is 15. The molecule has 22 heteroatoms. The Morgan fingerprint density at radius 1 is 0.778 bits per heavy atom. The first kappa shape index (κ1) is 26.7. The van der Waals surface area contributed by atoms with Crippen LogP contribution in [0.2, 0.25) is 0 Å². The summed E-state index contributed by atoms with van der Waals surface area (Å²) in [4.78, 5) is 21.8. The molecule has 0 atom stereocenters. The molecule has 0 aromatic carbocycles. The predicted molar refractivity (Wildman–Crippen MR) is 149 cm³/mol. The molecule has 0 aliphatic carbocycles. The van der Waals surface area contributed by atoms with Crippen LogP contribution >= 0.6 is 0 Å². The molecule has 0 aliphatic heterocycles. The van der Waals surface area contributed by atoms with E-state index in [1.54, 1.807) is 27.7 Å². The Labute approximate surface area is 249 Å². The van der Waals surface area contributed by atoms with Gasteiger partial charge in [0.05, 0.1) is 30.4 Å². The van der Waals surface area contributed by atoms with E-state index in [1.165, 1.54) is 21.7 Å². The number of nitriles is 1. The van der Waals surface area contributed by atoms with Gasteiger partial charge >= 0.3 is 6.01 Å². The molecule has 45 heavy (non-hydrogen) atoms. The van der Waals surface area contributed by atoms with Gasteiger partial charge in [-0.2, -0.15) is 50.0 Å². The van der Waals surface area contributed by atoms with Gasteiger partial charge in [0.1, 0.15) is 23.3 Å². The van der Waals surface area contributed by atoms with Gasteiger partial charge in [-0.05, 0) is 27.7 Å². The van der Waals surface area contributed by atoms with Crippen LogP contribution in [-0.4, -0.2) is 79.2 Å². The van der Waals surface area contributed by atoms with Crippen molar-refractivity contribution in [1.82, 2.24) is 74.1 Å². The van der Waals surface area contributed by atoms with Gasteiger partial charge in [-0.1, -0.05) is 0 Å². The van der Waals surface area contributed by atoms with Crippen molar-refractivity contribution in [3.63, 3.8) is 0 Å². The van der Waals surface area contributed by atoms with Crippen molar-refractivity contribution in [3.05, 3.63) is 52.4 Å². The zero-order chi connectivity index (χ0) is 31.4. The summed E-state index contributed by atoms with van der Waals surface area (Å²) in [5.74, 6) is 0.707. The van der Waals surface area contributed by atoms with Crippen molar-refractivity contribution in [1.29, 1.82) is 5.26 Å². The van der Waals surface area contributed by atoms with E-state index in [9.17, 15) is 10.4 Å². The molecule has 0 radical (unpaired) electrons. The van der Waals surface area contributed by atoms with E-state index < -0.39 is 6.01 Å². The number of nitrogens with zero attached hydrogens (tertiary/aromatic N) is 19. The summed E-state index contributed by atoms with van der Waals surface area (Å²) in [6, 6.07) is 1.29. The average molecular weight is 604 g/mol. The number of H-pyrrole nitrogens is 2. The lowest BCUT2D eigenvalue weighted by molar-refractivity contribution is 0.423. The maximum atomic E-state index is 10.5. The minimum Gasteiger partial charge on any atom is -0.479 e. The largest absolute Gasteiger partial charge is 0.479 e. The normalized spacial score (nSPS) is 11.9. The molecule has 0 unspecified atom stereocenters. The van der Waals surface area contributed by atoms with Crippen molar-refractivity contribution in [2.45, 2.75) is 27.7 Å². The van der Waals surface area contributed by atoms with Gasteiger partial charge in [0.2, 0.25) is 0 Å². The highest BCUT2D eigenvalue weighted by Crippen LogP contribution is 2.34. The molecule has 0 saturated carbocycles. The second-order valence-corrected chi connectivity index (χ2v) is 9.38. The summed E-state index contributed by atoms with van der Waals surface area (Å²) < 4.78 is 4.97. The molecule has 0 spiro atoms. The smallest absolute Gasteiger partial charge is 0.320 e. The summed E-state index contributed by atoms with van der Waals surface area (Å²) in [5, 5.41) is 62.7. The van der Waals surface area contributed by atoms with Crippen LogP contribution in [0.25, 0.3) is 28.0 Å². The lowest BCUT2D eigenvalue weighted by atomic mass is 10.4. The molecule has 0 aliphatic rings. The number of fused-ring (bicyclic) bond motifs is 2. The molecule has 0 fully saturated rings. The van der Waals surface area contributed by atoms with Crippen LogP contribution in [0.3, 0.4) is 0 Å². The maximum Gasteiger partial charge on any atom is 0.320 e. The standard InChI is InChI=1S/C23H17N21O/c1-9-15(19-28-11(3)39-43(19)37-9)33-35-17-13(6-24)7-26-41(17)21-30-22(32-23(45)31-21)42-18(14(25-5)8-27-42)36-34-16-10(2)38-44-20(16)29-12(4)40-44/h7-8H,1-4H3,(H,28,39)(H,29,40)(H,30,31,32,45)/b35-33+,36-34+. The highest BCUT2D eigenvalue weighted by Gasteiger charge is 2.22. The number of nitrogens with one attached hydrogen (secondary N) is 2. The molecule has 7 heterocycles. The van der Waals surface area contributed by atoms with Crippen molar-refractivity contribution in [2.24, 2.45) is 20.5 Å².